The van der Waals surface area contributed by atoms with Crippen LogP contribution < -0.4 is 5.32 Å². The monoisotopic (exact) mass is 279 g/mol. The first kappa shape index (κ1) is 14.6. The van der Waals surface area contributed by atoms with Crippen molar-refractivity contribution in [1.29, 1.82) is 0 Å². The molecule has 1 unspecified atom stereocenters. The van der Waals surface area contributed by atoms with E-state index >= 15 is 0 Å². The maximum Gasteiger partial charge on any atom is 0.390 e. The fourth-order valence-corrected chi connectivity index (χ4v) is 2.06. The molecule has 0 aliphatic carbocycles. The Morgan fingerprint density at radius 3 is 1.95 bits per heavy atom. The van der Waals surface area contributed by atoms with Crippen LogP contribution in [0, 0.1) is 0 Å². The Morgan fingerprint density at radius 1 is 0.850 bits per heavy atom. The van der Waals surface area contributed by atoms with Gasteiger partial charge in [-0.05, 0) is 11.1 Å². The van der Waals surface area contributed by atoms with Crippen LogP contribution in [0.4, 0.5) is 13.2 Å². The lowest BCUT2D eigenvalue weighted by Gasteiger charge is -2.21. The molecule has 0 saturated carbocycles. The summed E-state index contributed by atoms with van der Waals surface area (Å²) in [5, 5.41) is 2.99. The summed E-state index contributed by atoms with van der Waals surface area (Å²) < 4.78 is 38.0. The molecule has 0 spiro atoms. The Hall–Kier alpha value is -1.81. The molecule has 0 radical (unpaired) electrons. The summed E-state index contributed by atoms with van der Waals surface area (Å²) in [6.45, 7) is 0.413. The SMILES string of the molecule is FC(F)(F)CC(NCc1ccccc1)c1ccccc1. The average Bonchev–Trinajstić information content (AvgIpc) is 2.44. The molecule has 1 nitrogen and oxygen atoms in total. The average molecular weight is 279 g/mol. The standard InChI is InChI=1S/C16H16F3N/c17-16(18,19)11-15(14-9-5-2-6-10-14)20-12-13-7-3-1-4-8-13/h1-10,15,20H,11-12H2. The second-order valence-corrected chi connectivity index (χ2v) is 4.65. The molecule has 20 heavy (non-hydrogen) atoms. The molecule has 1 atom stereocenters. The van der Waals surface area contributed by atoms with Gasteiger partial charge < -0.3 is 5.32 Å². The van der Waals surface area contributed by atoms with E-state index in [0.29, 0.717) is 12.1 Å². The van der Waals surface area contributed by atoms with Gasteiger partial charge in [0.15, 0.2) is 0 Å². The van der Waals surface area contributed by atoms with Gasteiger partial charge >= 0.3 is 6.18 Å². The Balaban J connectivity index is 2.07. The third-order valence-electron chi connectivity index (χ3n) is 3.03. The van der Waals surface area contributed by atoms with Crippen molar-refractivity contribution in [3.05, 3.63) is 71.8 Å². The highest BCUT2D eigenvalue weighted by Gasteiger charge is 2.32. The van der Waals surface area contributed by atoms with Gasteiger partial charge in [-0.3, -0.25) is 0 Å². The molecule has 2 aromatic rings. The van der Waals surface area contributed by atoms with Gasteiger partial charge in [-0.25, -0.2) is 0 Å². The Bertz CT molecular complexity index is 508. The van der Waals surface area contributed by atoms with E-state index in [-0.39, 0.29) is 0 Å². The quantitative estimate of drug-likeness (QED) is 0.851. The number of benzene rings is 2. The Kier molecular flexibility index (Phi) is 4.79. The molecular formula is C16H16F3N. The number of hydrogen-bond acceptors (Lipinski definition) is 1. The zero-order chi connectivity index (χ0) is 14.4. The first-order chi connectivity index (χ1) is 9.54. The minimum absolute atomic E-state index is 0.413. The van der Waals surface area contributed by atoms with E-state index in [4.69, 9.17) is 0 Å². The van der Waals surface area contributed by atoms with Gasteiger partial charge in [-0.1, -0.05) is 60.7 Å². The third kappa shape index (κ3) is 4.70. The first-order valence-corrected chi connectivity index (χ1v) is 6.43. The van der Waals surface area contributed by atoms with E-state index in [2.05, 4.69) is 5.32 Å². The Morgan fingerprint density at radius 2 is 1.40 bits per heavy atom. The lowest BCUT2D eigenvalue weighted by Crippen LogP contribution is -2.26. The largest absolute Gasteiger partial charge is 0.390 e. The zero-order valence-corrected chi connectivity index (χ0v) is 10.9. The molecule has 1 N–H and O–H groups in total. The molecule has 0 aliphatic heterocycles. The maximum absolute atomic E-state index is 12.7. The predicted molar refractivity (Wildman–Crippen MR) is 73.1 cm³/mol. The minimum Gasteiger partial charge on any atom is -0.306 e. The summed E-state index contributed by atoms with van der Waals surface area (Å²) in [7, 11) is 0. The lowest BCUT2D eigenvalue weighted by molar-refractivity contribution is -0.140. The van der Waals surface area contributed by atoms with E-state index in [1.54, 1.807) is 30.3 Å². The fraction of sp³-hybridized carbons (Fsp3) is 0.250. The molecule has 0 bridgehead atoms. The summed E-state index contributed by atoms with van der Waals surface area (Å²) in [6, 6.07) is 17.4. The van der Waals surface area contributed by atoms with Crippen LogP contribution in [-0.4, -0.2) is 6.18 Å². The highest BCUT2D eigenvalue weighted by Crippen LogP contribution is 2.29. The summed E-state index contributed by atoms with van der Waals surface area (Å²) in [5.74, 6) is 0. The van der Waals surface area contributed by atoms with Crippen molar-refractivity contribution in [2.75, 3.05) is 0 Å². The second kappa shape index (κ2) is 6.57. The van der Waals surface area contributed by atoms with Gasteiger partial charge in [0.1, 0.15) is 0 Å². The highest BCUT2D eigenvalue weighted by molar-refractivity contribution is 5.20. The van der Waals surface area contributed by atoms with Crippen molar-refractivity contribution in [3.63, 3.8) is 0 Å². The second-order valence-electron chi connectivity index (χ2n) is 4.65. The lowest BCUT2D eigenvalue weighted by atomic mass is 10.0. The van der Waals surface area contributed by atoms with Crippen LogP contribution in [0.5, 0.6) is 0 Å². The summed E-state index contributed by atoms with van der Waals surface area (Å²) in [5.41, 5.74) is 1.62. The number of rotatable bonds is 5. The molecule has 0 saturated heterocycles. The van der Waals surface area contributed by atoms with Crippen molar-refractivity contribution >= 4 is 0 Å². The van der Waals surface area contributed by atoms with Crippen LogP contribution in [0.2, 0.25) is 0 Å². The van der Waals surface area contributed by atoms with Crippen molar-refractivity contribution in [2.24, 2.45) is 0 Å². The maximum atomic E-state index is 12.7. The molecule has 2 aromatic carbocycles. The van der Waals surface area contributed by atoms with Gasteiger partial charge in [0.25, 0.3) is 0 Å². The third-order valence-corrected chi connectivity index (χ3v) is 3.03. The van der Waals surface area contributed by atoms with Gasteiger partial charge in [0, 0.05) is 12.6 Å². The van der Waals surface area contributed by atoms with E-state index in [1.165, 1.54) is 0 Å². The molecule has 0 aliphatic rings. The molecule has 0 aromatic heterocycles. The van der Waals surface area contributed by atoms with Crippen LogP contribution in [0.3, 0.4) is 0 Å². The van der Waals surface area contributed by atoms with Crippen molar-refractivity contribution in [1.82, 2.24) is 5.32 Å². The van der Waals surface area contributed by atoms with Crippen LogP contribution >= 0.6 is 0 Å². The summed E-state index contributed by atoms with van der Waals surface area (Å²) in [6.07, 6.45) is -5.06. The molecule has 0 amide bonds. The fourth-order valence-electron chi connectivity index (χ4n) is 2.06. The first-order valence-electron chi connectivity index (χ1n) is 6.43. The normalized spacial score (nSPS) is 13.2. The predicted octanol–water partition coefficient (Wildman–Crippen LogP) is 4.47. The van der Waals surface area contributed by atoms with Crippen LogP contribution in [-0.2, 0) is 6.54 Å². The molecule has 106 valence electrons. The number of hydrogen-bond donors (Lipinski definition) is 1. The van der Waals surface area contributed by atoms with Gasteiger partial charge in [-0.2, -0.15) is 13.2 Å². The smallest absolute Gasteiger partial charge is 0.306 e. The molecular weight excluding hydrogens is 263 g/mol. The van der Waals surface area contributed by atoms with Gasteiger partial charge in [-0.15, -0.1) is 0 Å². The van der Waals surface area contributed by atoms with Gasteiger partial charge in [0.2, 0.25) is 0 Å². The van der Waals surface area contributed by atoms with Gasteiger partial charge in [0.05, 0.1) is 6.42 Å². The van der Waals surface area contributed by atoms with E-state index in [0.717, 1.165) is 5.56 Å². The highest BCUT2D eigenvalue weighted by atomic mass is 19.4. The van der Waals surface area contributed by atoms with E-state index in [9.17, 15) is 13.2 Å². The minimum atomic E-state index is -4.19. The number of halogens is 3. The molecule has 2 rings (SSSR count). The van der Waals surface area contributed by atoms with Crippen molar-refractivity contribution in [3.8, 4) is 0 Å². The van der Waals surface area contributed by atoms with Crippen molar-refractivity contribution < 1.29 is 13.2 Å². The summed E-state index contributed by atoms with van der Waals surface area (Å²) >= 11 is 0. The van der Waals surface area contributed by atoms with Crippen LogP contribution in [0.25, 0.3) is 0 Å². The number of alkyl halides is 3. The molecule has 0 fully saturated rings. The van der Waals surface area contributed by atoms with Crippen LogP contribution in [0.1, 0.15) is 23.6 Å². The van der Waals surface area contributed by atoms with Crippen LogP contribution in [0.15, 0.2) is 60.7 Å². The molecule has 0 heterocycles. The topological polar surface area (TPSA) is 12.0 Å². The van der Waals surface area contributed by atoms with Crippen molar-refractivity contribution in [2.45, 2.75) is 25.2 Å². The number of nitrogens with one attached hydrogen (secondary N) is 1. The van der Waals surface area contributed by atoms with E-state index in [1.807, 2.05) is 30.3 Å². The zero-order valence-electron chi connectivity index (χ0n) is 10.9. The molecule has 4 heteroatoms. The summed E-state index contributed by atoms with van der Waals surface area (Å²) in [4.78, 5) is 0. The van der Waals surface area contributed by atoms with E-state index < -0.39 is 18.6 Å². The Labute approximate surface area is 116 Å².